The van der Waals surface area contributed by atoms with Crippen molar-refractivity contribution in [3.8, 4) is 11.5 Å². The van der Waals surface area contributed by atoms with E-state index in [1.165, 1.54) is 0 Å². The zero-order valence-corrected chi connectivity index (χ0v) is 13.7. The molecule has 0 heterocycles. The molecule has 0 saturated carbocycles. The minimum atomic E-state index is 0.123. The van der Waals surface area contributed by atoms with Crippen molar-refractivity contribution in [3.05, 3.63) is 23.8 Å². The van der Waals surface area contributed by atoms with Crippen LogP contribution in [0.15, 0.2) is 23.2 Å². The first kappa shape index (κ1) is 17.1. The molecule has 0 aliphatic heterocycles. The number of ether oxygens (including phenoxy) is 2. The van der Waals surface area contributed by atoms with Crippen LogP contribution in [-0.2, 0) is 0 Å². The summed E-state index contributed by atoms with van der Waals surface area (Å²) in [6.07, 6.45) is 0. The van der Waals surface area contributed by atoms with E-state index in [0.29, 0.717) is 13.2 Å². The number of nitrogens with zero attached hydrogens (tertiary/aromatic N) is 1. The summed E-state index contributed by atoms with van der Waals surface area (Å²) in [6.45, 7) is 10.1. The molecule has 0 aromatic heterocycles. The third kappa shape index (κ3) is 5.17. The van der Waals surface area contributed by atoms with E-state index in [0.717, 1.165) is 29.6 Å². The van der Waals surface area contributed by atoms with Gasteiger partial charge in [-0.2, -0.15) is 0 Å². The Bertz CT molecular complexity index is 461. The fourth-order valence-electron chi connectivity index (χ4n) is 1.99. The normalized spacial score (nSPS) is 12.7. The molecule has 0 radical (unpaired) electrons. The van der Waals surface area contributed by atoms with Gasteiger partial charge in [-0.3, -0.25) is 4.99 Å². The van der Waals surface area contributed by atoms with Crippen LogP contribution in [-0.4, -0.2) is 32.8 Å². The van der Waals surface area contributed by atoms with Crippen molar-refractivity contribution >= 4 is 5.96 Å². The van der Waals surface area contributed by atoms with Crippen LogP contribution in [0.2, 0.25) is 0 Å². The SMILES string of the molecule is CCNC(=NC)NC(C)c1ccc(OCC)c(OCC)c1. The average molecular weight is 293 g/mol. The first-order valence-electron chi connectivity index (χ1n) is 7.52. The van der Waals surface area contributed by atoms with Gasteiger partial charge in [0.2, 0.25) is 0 Å². The number of hydrogen-bond acceptors (Lipinski definition) is 3. The zero-order valence-electron chi connectivity index (χ0n) is 13.7. The molecule has 1 rings (SSSR count). The van der Waals surface area contributed by atoms with E-state index >= 15 is 0 Å². The Labute approximate surface area is 127 Å². The highest BCUT2D eigenvalue weighted by Crippen LogP contribution is 2.30. The van der Waals surface area contributed by atoms with Crippen LogP contribution in [0.1, 0.15) is 39.3 Å². The number of nitrogens with one attached hydrogen (secondary N) is 2. The second-order valence-corrected chi connectivity index (χ2v) is 4.54. The van der Waals surface area contributed by atoms with Crippen LogP contribution in [0.3, 0.4) is 0 Å². The average Bonchev–Trinajstić information content (AvgIpc) is 2.48. The summed E-state index contributed by atoms with van der Waals surface area (Å²) < 4.78 is 11.2. The van der Waals surface area contributed by atoms with Crippen molar-refractivity contribution < 1.29 is 9.47 Å². The molecule has 1 aromatic carbocycles. The van der Waals surface area contributed by atoms with Crippen LogP contribution >= 0.6 is 0 Å². The zero-order chi connectivity index (χ0) is 15.7. The molecule has 0 amide bonds. The summed E-state index contributed by atoms with van der Waals surface area (Å²) >= 11 is 0. The smallest absolute Gasteiger partial charge is 0.191 e. The maximum absolute atomic E-state index is 5.66. The summed E-state index contributed by atoms with van der Waals surface area (Å²) in [4.78, 5) is 4.19. The number of rotatable bonds is 7. The Hall–Kier alpha value is -1.91. The fraction of sp³-hybridized carbons (Fsp3) is 0.562. The summed E-state index contributed by atoms with van der Waals surface area (Å²) in [5.74, 6) is 2.35. The highest BCUT2D eigenvalue weighted by molar-refractivity contribution is 5.80. The van der Waals surface area contributed by atoms with E-state index in [9.17, 15) is 0 Å². The highest BCUT2D eigenvalue weighted by Gasteiger charge is 2.12. The molecular weight excluding hydrogens is 266 g/mol. The number of guanidine groups is 1. The summed E-state index contributed by atoms with van der Waals surface area (Å²) in [5.41, 5.74) is 1.13. The molecule has 0 saturated heterocycles. The topological polar surface area (TPSA) is 54.9 Å². The first-order valence-corrected chi connectivity index (χ1v) is 7.52. The lowest BCUT2D eigenvalue weighted by Gasteiger charge is -2.19. The molecule has 21 heavy (non-hydrogen) atoms. The number of aliphatic imine (C=N–C) groups is 1. The van der Waals surface area contributed by atoms with E-state index < -0.39 is 0 Å². The second kappa shape index (κ2) is 9.10. The molecule has 0 fully saturated rings. The molecule has 5 nitrogen and oxygen atoms in total. The predicted molar refractivity (Wildman–Crippen MR) is 87.4 cm³/mol. The minimum Gasteiger partial charge on any atom is -0.490 e. The van der Waals surface area contributed by atoms with Crippen molar-refractivity contribution in [2.75, 3.05) is 26.8 Å². The van der Waals surface area contributed by atoms with E-state index in [-0.39, 0.29) is 6.04 Å². The molecule has 1 atom stereocenters. The standard InChI is InChI=1S/C16H27N3O2/c1-6-18-16(17-5)19-12(4)13-9-10-14(20-7-2)15(11-13)21-8-3/h9-12H,6-8H2,1-5H3,(H2,17,18,19). The largest absolute Gasteiger partial charge is 0.490 e. The Morgan fingerprint density at radius 1 is 1.14 bits per heavy atom. The van der Waals surface area contributed by atoms with Crippen molar-refractivity contribution in [2.24, 2.45) is 4.99 Å². The lowest BCUT2D eigenvalue weighted by molar-refractivity contribution is 0.287. The number of hydrogen-bond donors (Lipinski definition) is 2. The molecule has 0 spiro atoms. The maximum Gasteiger partial charge on any atom is 0.191 e. The second-order valence-electron chi connectivity index (χ2n) is 4.54. The quantitative estimate of drug-likeness (QED) is 0.599. The van der Waals surface area contributed by atoms with Gasteiger partial charge >= 0.3 is 0 Å². The van der Waals surface area contributed by atoms with Gasteiger partial charge in [0.1, 0.15) is 0 Å². The maximum atomic E-state index is 5.66. The Morgan fingerprint density at radius 3 is 2.38 bits per heavy atom. The summed E-state index contributed by atoms with van der Waals surface area (Å²) in [7, 11) is 1.77. The predicted octanol–water partition coefficient (Wildman–Crippen LogP) is 2.73. The van der Waals surface area contributed by atoms with Gasteiger partial charge in [0, 0.05) is 13.6 Å². The van der Waals surface area contributed by atoms with Gasteiger partial charge < -0.3 is 20.1 Å². The van der Waals surface area contributed by atoms with Gasteiger partial charge in [-0.1, -0.05) is 6.07 Å². The van der Waals surface area contributed by atoms with E-state index in [2.05, 4.69) is 22.5 Å². The summed E-state index contributed by atoms with van der Waals surface area (Å²) in [5, 5.41) is 6.53. The van der Waals surface area contributed by atoms with Crippen LogP contribution in [0, 0.1) is 0 Å². The highest BCUT2D eigenvalue weighted by atomic mass is 16.5. The van der Waals surface area contributed by atoms with Crippen molar-refractivity contribution in [3.63, 3.8) is 0 Å². The third-order valence-corrected chi connectivity index (χ3v) is 2.99. The van der Waals surface area contributed by atoms with Crippen molar-refractivity contribution in [2.45, 2.75) is 33.7 Å². The molecule has 5 heteroatoms. The van der Waals surface area contributed by atoms with Gasteiger partial charge in [0.05, 0.1) is 19.3 Å². The Balaban J connectivity index is 2.89. The third-order valence-electron chi connectivity index (χ3n) is 2.99. The first-order chi connectivity index (χ1) is 10.2. The lowest BCUT2D eigenvalue weighted by atomic mass is 10.1. The van der Waals surface area contributed by atoms with E-state index in [4.69, 9.17) is 9.47 Å². The molecule has 0 aliphatic rings. The van der Waals surface area contributed by atoms with Crippen LogP contribution in [0.4, 0.5) is 0 Å². The molecule has 118 valence electrons. The van der Waals surface area contributed by atoms with Crippen molar-refractivity contribution in [1.82, 2.24) is 10.6 Å². The Morgan fingerprint density at radius 2 is 1.81 bits per heavy atom. The molecule has 0 bridgehead atoms. The van der Waals surface area contributed by atoms with Gasteiger partial charge in [0.25, 0.3) is 0 Å². The van der Waals surface area contributed by atoms with Gasteiger partial charge in [-0.25, -0.2) is 0 Å². The molecule has 0 aliphatic carbocycles. The molecule has 1 unspecified atom stereocenters. The van der Waals surface area contributed by atoms with Gasteiger partial charge in [0.15, 0.2) is 17.5 Å². The van der Waals surface area contributed by atoms with E-state index in [1.807, 2.05) is 39.0 Å². The van der Waals surface area contributed by atoms with Crippen LogP contribution < -0.4 is 20.1 Å². The minimum absolute atomic E-state index is 0.123. The monoisotopic (exact) mass is 293 g/mol. The van der Waals surface area contributed by atoms with Crippen LogP contribution in [0.5, 0.6) is 11.5 Å². The number of benzene rings is 1. The fourth-order valence-corrected chi connectivity index (χ4v) is 1.99. The van der Waals surface area contributed by atoms with Crippen molar-refractivity contribution in [1.29, 1.82) is 0 Å². The van der Waals surface area contributed by atoms with Crippen LogP contribution in [0.25, 0.3) is 0 Å². The summed E-state index contributed by atoms with van der Waals surface area (Å²) in [6, 6.07) is 6.14. The lowest BCUT2D eigenvalue weighted by Crippen LogP contribution is -2.38. The Kier molecular flexibility index (Phi) is 7.43. The van der Waals surface area contributed by atoms with Gasteiger partial charge in [-0.15, -0.1) is 0 Å². The molecule has 1 aromatic rings. The molecular formula is C16H27N3O2. The van der Waals surface area contributed by atoms with Gasteiger partial charge in [-0.05, 0) is 45.4 Å². The molecule has 2 N–H and O–H groups in total. The van der Waals surface area contributed by atoms with E-state index in [1.54, 1.807) is 7.05 Å².